The number of nitrogens with zero attached hydrogens (tertiary/aromatic N) is 6. The number of amidine groups is 1. The zero-order chi connectivity index (χ0) is 30.7. The number of amides is 1. The molecular formula is C30H26ClF3N6O2S. The highest BCUT2D eigenvalue weighted by Crippen LogP contribution is 2.33. The maximum absolute atomic E-state index is 12.7. The first-order valence-electron chi connectivity index (χ1n) is 13.3. The van der Waals surface area contributed by atoms with Crippen LogP contribution in [0.5, 0.6) is 5.75 Å². The van der Waals surface area contributed by atoms with E-state index in [2.05, 4.69) is 38.9 Å². The fourth-order valence-electron chi connectivity index (χ4n) is 4.47. The maximum Gasteiger partial charge on any atom is 0.573 e. The quantitative estimate of drug-likeness (QED) is 0.148. The molecule has 5 rings (SSSR count). The molecule has 0 unspecified atom stereocenters. The molecule has 13 heteroatoms. The fraction of sp³-hybridized carbons (Fsp3) is 0.233. The number of halogens is 4. The number of hydrogen-bond acceptors (Lipinski definition) is 7. The van der Waals surface area contributed by atoms with E-state index in [9.17, 15) is 18.0 Å². The molecule has 4 aromatic rings. The van der Waals surface area contributed by atoms with E-state index in [0.29, 0.717) is 45.1 Å². The van der Waals surface area contributed by atoms with E-state index >= 15 is 0 Å². The molecule has 43 heavy (non-hydrogen) atoms. The Labute approximate surface area is 255 Å². The molecule has 0 N–H and O–H groups in total. The lowest BCUT2D eigenvalue weighted by Crippen LogP contribution is -2.30. The van der Waals surface area contributed by atoms with Gasteiger partial charge in [0, 0.05) is 12.0 Å². The van der Waals surface area contributed by atoms with Crippen molar-refractivity contribution in [2.75, 3.05) is 10.7 Å². The summed E-state index contributed by atoms with van der Waals surface area (Å²) in [6.45, 7) is 6.05. The van der Waals surface area contributed by atoms with Gasteiger partial charge in [-0.15, -0.1) is 23.4 Å². The van der Waals surface area contributed by atoms with Crippen molar-refractivity contribution in [3.05, 3.63) is 88.7 Å². The van der Waals surface area contributed by atoms with Crippen molar-refractivity contribution in [2.24, 2.45) is 10.2 Å². The number of thioether (sulfide) groups is 1. The minimum atomic E-state index is -4.77. The van der Waals surface area contributed by atoms with Crippen LogP contribution >= 0.6 is 23.4 Å². The van der Waals surface area contributed by atoms with Crippen LogP contribution in [0, 0.1) is 0 Å². The molecule has 3 aromatic carbocycles. The molecule has 1 amide bonds. The third-order valence-electron chi connectivity index (χ3n) is 6.45. The summed E-state index contributed by atoms with van der Waals surface area (Å²) in [6.07, 6.45) is -2.70. The van der Waals surface area contributed by atoms with Gasteiger partial charge in [0.2, 0.25) is 5.91 Å². The lowest BCUT2D eigenvalue weighted by atomic mass is 10.0. The number of anilines is 1. The molecule has 1 aromatic heterocycles. The number of para-hydroxylation sites is 1. The van der Waals surface area contributed by atoms with Gasteiger partial charge in [0.25, 0.3) is 0 Å². The van der Waals surface area contributed by atoms with Crippen molar-refractivity contribution in [1.82, 2.24) is 14.8 Å². The van der Waals surface area contributed by atoms with Gasteiger partial charge in [0.1, 0.15) is 11.6 Å². The molecule has 8 nitrogen and oxygen atoms in total. The van der Waals surface area contributed by atoms with E-state index < -0.39 is 6.36 Å². The second-order valence-corrected chi connectivity index (χ2v) is 11.1. The van der Waals surface area contributed by atoms with Crippen LogP contribution in [0.4, 0.5) is 18.9 Å². The first-order valence-corrected chi connectivity index (χ1v) is 14.7. The summed E-state index contributed by atoms with van der Waals surface area (Å²) in [5.74, 6) is 1.10. The average molecular weight is 627 g/mol. The molecule has 1 aliphatic heterocycles. The molecule has 0 aliphatic carbocycles. The Kier molecular flexibility index (Phi) is 8.88. The lowest BCUT2D eigenvalue weighted by molar-refractivity contribution is -0.274. The topological polar surface area (TPSA) is 85.0 Å². The third-order valence-corrected chi connectivity index (χ3v) is 7.68. The molecule has 0 atom stereocenters. The van der Waals surface area contributed by atoms with Crippen LogP contribution < -0.4 is 9.64 Å². The molecule has 1 saturated heterocycles. The van der Waals surface area contributed by atoms with Crippen molar-refractivity contribution in [3.63, 3.8) is 0 Å². The monoisotopic (exact) mass is 626 g/mol. The van der Waals surface area contributed by atoms with Crippen LogP contribution in [0.1, 0.15) is 43.6 Å². The van der Waals surface area contributed by atoms with Crippen LogP contribution in [0.25, 0.3) is 17.1 Å². The van der Waals surface area contributed by atoms with E-state index in [1.807, 2.05) is 31.2 Å². The third kappa shape index (κ3) is 6.91. The van der Waals surface area contributed by atoms with Gasteiger partial charge in [0.05, 0.1) is 28.4 Å². The van der Waals surface area contributed by atoms with Gasteiger partial charge in [-0.2, -0.15) is 5.10 Å². The summed E-state index contributed by atoms with van der Waals surface area (Å²) in [6, 6.07) is 18.4. The second-order valence-electron chi connectivity index (χ2n) is 9.76. The molecule has 2 heterocycles. The Bertz CT molecular complexity index is 1700. The number of carbonyl (C=O) groups excluding carboxylic acids is 1. The van der Waals surface area contributed by atoms with Gasteiger partial charge in [-0.1, -0.05) is 68.4 Å². The molecule has 1 fully saturated rings. The van der Waals surface area contributed by atoms with Crippen molar-refractivity contribution >= 4 is 46.3 Å². The number of aromatic nitrogens is 3. The molecule has 1 aliphatic rings. The SMILES string of the molecule is CCc1nc(-c2ccc(C=NN=C3SCC(=O)N3c3ccccc3C(C)C)cc2Cl)nn1-c1ccc(OC(F)(F)F)cc1. The summed E-state index contributed by atoms with van der Waals surface area (Å²) in [7, 11) is 0. The highest BCUT2D eigenvalue weighted by molar-refractivity contribution is 8.15. The Morgan fingerprint density at radius 3 is 2.53 bits per heavy atom. The summed E-state index contributed by atoms with van der Waals surface area (Å²) < 4.78 is 43.1. The summed E-state index contributed by atoms with van der Waals surface area (Å²) in [4.78, 5) is 18.9. The molecule has 0 bridgehead atoms. The molecular weight excluding hydrogens is 601 g/mol. The maximum atomic E-state index is 12.7. The predicted molar refractivity (Wildman–Crippen MR) is 163 cm³/mol. The Balaban J connectivity index is 1.36. The number of carbonyl (C=O) groups is 1. The number of hydrogen-bond donors (Lipinski definition) is 0. The number of benzene rings is 3. The highest BCUT2D eigenvalue weighted by atomic mass is 35.5. The Morgan fingerprint density at radius 2 is 1.86 bits per heavy atom. The van der Waals surface area contributed by atoms with Gasteiger partial charge >= 0.3 is 6.36 Å². The predicted octanol–water partition coefficient (Wildman–Crippen LogP) is 7.64. The standard InChI is InChI=1S/C30H26ClF3N6O2S/c1-4-26-36-28(38-40(26)20-10-12-21(13-11-20)42-30(32,33)34)23-14-9-19(15-24(23)31)16-35-37-29-39(27(41)17-43-29)25-8-6-5-7-22(25)18(2)3/h5-16,18H,4,17H2,1-3H3. The molecule has 0 radical (unpaired) electrons. The Hall–Kier alpha value is -4.16. The summed E-state index contributed by atoms with van der Waals surface area (Å²) in [5.41, 5.74) is 3.63. The van der Waals surface area contributed by atoms with Crippen LogP contribution in [0.15, 0.2) is 76.9 Å². The zero-order valence-electron chi connectivity index (χ0n) is 23.3. The Morgan fingerprint density at radius 1 is 1.12 bits per heavy atom. The lowest BCUT2D eigenvalue weighted by Gasteiger charge is -2.20. The van der Waals surface area contributed by atoms with Gasteiger partial charge in [0.15, 0.2) is 11.0 Å². The molecule has 0 saturated carbocycles. The van der Waals surface area contributed by atoms with Gasteiger partial charge in [-0.05, 0) is 59.5 Å². The van der Waals surface area contributed by atoms with Crippen molar-refractivity contribution in [2.45, 2.75) is 39.5 Å². The van der Waals surface area contributed by atoms with Gasteiger partial charge in [-0.3, -0.25) is 9.69 Å². The number of alkyl halides is 3. The van der Waals surface area contributed by atoms with E-state index in [0.717, 1.165) is 11.3 Å². The van der Waals surface area contributed by atoms with E-state index in [-0.39, 0.29) is 23.3 Å². The van der Waals surface area contributed by atoms with E-state index in [1.165, 1.54) is 36.0 Å². The van der Waals surface area contributed by atoms with E-state index in [4.69, 9.17) is 11.6 Å². The smallest absolute Gasteiger partial charge is 0.406 e. The van der Waals surface area contributed by atoms with Crippen molar-refractivity contribution < 1.29 is 22.7 Å². The van der Waals surface area contributed by atoms with Crippen LogP contribution in [-0.2, 0) is 11.2 Å². The number of aryl methyl sites for hydroxylation is 1. The minimum Gasteiger partial charge on any atom is -0.406 e. The van der Waals surface area contributed by atoms with Crippen LogP contribution in [0.2, 0.25) is 5.02 Å². The number of ether oxygens (including phenoxy) is 1. The normalized spacial score (nSPS) is 14.9. The summed E-state index contributed by atoms with van der Waals surface area (Å²) in [5, 5.41) is 14.0. The zero-order valence-corrected chi connectivity index (χ0v) is 24.9. The largest absolute Gasteiger partial charge is 0.573 e. The molecule has 222 valence electrons. The van der Waals surface area contributed by atoms with Crippen LogP contribution in [0.3, 0.4) is 0 Å². The number of rotatable bonds is 8. The van der Waals surface area contributed by atoms with Crippen molar-refractivity contribution in [3.8, 4) is 22.8 Å². The van der Waals surface area contributed by atoms with Gasteiger partial charge < -0.3 is 4.74 Å². The average Bonchev–Trinajstić information content (AvgIpc) is 3.56. The molecule has 0 spiro atoms. The van der Waals surface area contributed by atoms with Crippen LogP contribution in [-0.4, -0.2) is 44.2 Å². The first kappa shape index (κ1) is 30.3. The highest BCUT2D eigenvalue weighted by Gasteiger charge is 2.32. The van der Waals surface area contributed by atoms with Gasteiger partial charge in [-0.25, -0.2) is 9.67 Å². The minimum absolute atomic E-state index is 0.0524. The fourth-order valence-corrected chi connectivity index (χ4v) is 5.56. The second kappa shape index (κ2) is 12.6. The van der Waals surface area contributed by atoms with E-state index in [1.54, 1.807) is 34.0 Å². The van der Waals surface area contributed by atoms with Crippen molar-refractivity contribution in [1.29, 1.82) is 0 Å². The summed E-state index contributed by atoms with van der Waals surface area (Å²) >= 11 is 7.94. The first-order chi connectivity index (χ1) is 20.5.